The normalized spacial score (nSPS) is 10.8. The molecule has 0 heterocycles. The third kappa shape index (κ3) is 2.57. The standard InChI is InChI=1S/C10H9ClFNO/c1-6-4-8(11)7(5-9(6)12)2-3-10(13)14/h2-5H,1H3,(H2,13,14). The molecule has 2 N–H and O–H groups in total. The van der Waals surface area contributed by atoms with E-state index in [1.54, 1.807) is 6.92 Å². The monoisotopic (exact) mass is 213 g/mol. The van der Waals surface area contributed by atoms with Gasteiger partial charge in [-0.05, 0) is 36.3 Å². The second-order valence-electron chi connectivity index (χ2n) is 2.86. The van der Waals surface area contributed by atoms with Crippen molar-refractivity contribution in [1.82, 2.24) is 0 Å². The maximum absolute atomic E-state index is 13.1. The molecular formula is C10H9ClFNO. The van der Waals surface area contributed by atoms with Crippen molar-refractivity contribution in [3.63, 3.8) is 0 Å². The molecule has 0 radical (unpaired) electrons. The van der Waals surface area contributed by atoms with E-state index in [2.05, 4.69) is 0 Å². The van der Waals surface area contributed by atoms with Crippen LogP contribution in [-0.2, 0) is 4.79 Å². The van der Waals surface area contributed by atoms with Crippen LogP contribution in [0, 0.1) is 12.7 Å². The van der Waals surface area contributed by atoms with Crippen LogP contribution in [0.4, 0.5) is 4.39 Å². The molecule has 0 aliphatic rings. The summed E-state index contributed by atoms with van der Waals surface area (Å²) in [5.74, 6) is -0.958. The van der Waals surface area contributed by atoms with Crippen molar-refractivity contribution in [2.45, 2.75) is 6.92 Å². The van der Waals surface area contributed by atoms with Gasteiger partial charge in [0.05, 0.1) is 0 Å². The maximum atomic E-state index is 13.1. The molecule has 1 rings (SSSR count). The molecule has 0 spiro atoms. The van der Waals surface area contributed by atoms with Crippen LogP contribution >= 0.6 is 11.6 Å². The lowest BCUT2D eigenvalue weighted by Gasteiger charge is -2.01. The molecule has 14 heavy (non-hydrogen) atoms. The average molecular weight is 214 g/mol. The minimum Gasteiger partial charge on any atom is -0.366 e. The molecule has 1 aromatic rings. The van der Waals surface area contributed by atoms with E-state index in [4.69, 9.17) is 17.3 Å². The van der Waals surface area contributed by atoms with E-state index in [0.29, 0.717) is 16.1 Å². The van der Waals surface area contributed by atoms with E-state index in [1.165, 1.54) is 18.2 Å². The SMILES string of the molecule is Cc1cc(Cl)c(C=CC(N)=O)cc1F. The first kappa shape index (κ1) is 10.7. The Balaban J connectivity index is 3.10. The van der Waals surface area contributed by atoms with E-state index in [1.807, 2.05) is 0 Å². The number of amides is 1. The van der Waals surface area contributed by atoms with E-state index >= 15 is 0 Å². The van der Waals surface area contributed by atoms with Gasteiger partial charge in [0.1, 0.15) is 5.82 Å². The Labute approximate surface area is 86.2 Å². The van der Waals surface area contributed by atoms with E-state index < -0.39 is 5.91 Å². The van der Waals surface area contributed by atoms with Crippen molar-refractivity contribution < 1.29 is 9.18 Å². The van der Waals surface area contributed by atoms with Crippen LogP contribution in [0.3, 0.4) is 0 Å². The van der Waals surface area contributed by atoms with Crippen molar-refractivity contribution in [2.24, 2.45) is 5.73 Å². The highest BCUT2D eigenvalue weighted by Gasteiger charge is 2.03. The molecule has 1 aromatic carbocycles. The fourth-order valence-electron chi connectivity index (χ4n) is 0.961. The summed E-state index contributed by atoms with van der Waals surface area (Å²) in [5.41, 5.74) is 5.80. The summed E-state index contributed by atoms with van der Waals surface area (Å²) in [4.78, 5) is 10.4. The minimum atomic E-state index is -0.595. The smallest absolute Gasteiger partial charge is 0.241 e. The molecule has 2 nitrogen and oxygen atoms in total. The number of carbonyl (C=O) groups excluding carboxylic acids is 1. The Kier molecular flexibility index (Phi) is 3.25. The summed E-state index contributed by atoms with van der Waals surface area (Å²) in [6.07, 6.45) is 2.52. The summed E-state index contributed by atoms with van der Waals surface area (Å²) >= 11 is 5.81. The summed E-state index contributed by atoms with van der Waals surface area (Å²) in [6.45, 7) is 1.61. The zero-order valence-corrected chi connectivity index (χ0v) is 8.31. The molecule has 0 saturated heterocycles. The number of nitrogens with two attached hydrogens (primary N) is 1. The maximum Gasteiger partial charge on any atom is 0.241 e. The van der Waals surface area contributed by atoms with Crippen molar-refractivity contribution in [3.05, 3.63) is 40.2 Å². The number of hydrogen-bond acceptors (Lipinski definition) is 1. The van der Waals surface area contributed by atoms with Crippen molar-refractivity contribution in [1.29, 1.82) is 0 Å². The average Bonchev–Trinajstić information content (AvgIpc) is 2.09. The first-order chi connectivity index (χ1) is 6.50. The summed E-state index contributed by atoms with van der Waals surface area (Å²) < 4.78 is 13.1. The van der Waals surface area contributed by atoms with Gasteiger partial charge in [0.25, 0.3) is 0 Å². The van der Waals surface area contributed by atoms with E-state index in [0.717, 1.165) is 6.08 Å². The van der Waals surface area contributed by atoms with Crippen LogP contribution in [0.25, 0.3) is 6.08 Å². The highest BCUT2D eigenvalue weighted by Crippen LogP contribution is 2.21. The second kappa shape index (κ2) is 4.24. The lowest BCUT2D eigenvalue weighted by molar-refractivity contribution is -0.113. The Hall–Kier alpha value is -1.35. The van der Waals surface area contributed by atoms with E-state index in [9.17, 15) is 9.18 Å². The second-order valence-corrected chi connectivity index (χ2v) is 3.27. The predicted octanol–water partition coefficient (Wildman–Crippen LogP) is 2.29. The molecule has 0 unspecified atom stereocenters. The number of rotatable bonds is 2. The first-order valence-electron chi connectivity index (χ1n) is 3.94. The summed E-state index contributed by atoms with van der Waals surface area (Å²) in [5, 5.41) is 0.390. The third-order valence-electron chi connectivity index (χ3n) is 1.71. The number of benzene rings is 1. The molecule has 1 amide bonds. The van der Waals surface area contributed by atoms with Gasteiger partial charge in [-0.1, -0.05) is 11.6 Å². The van der Waals surface area contributed by atoms with Gasteiger partial charge in [-0.25, -0.2) is 4.39 Å². The summed E-state index contributed by atoms with van der Waals surface area (Å²) in [7, 11) is 0. The Morgan fingerprint density at radius 3 is 2.79 bits per heavy atom. The minimum absolute atomic E-state index is 0.362. The van der Waals surface area contributed by atoms with Gasteiger partial charge in [0.15, 0.2) is 0 Å². The Morgan fingerprint density at radius 2 is 2.21 bits per heavy atom. The van der Waals surface area contributed by atoms with Crippen LogP contribution in [-0.4, -0.2) is 5.91 Å². The quantitative estimate of drug-likeness (QED) is 0.753. The number of halogens is 2. The van der Waals surface area contributed by atoms with Gasteiger partial charge >= 0.3 is 0 Å². The Morgan fingerprint density at radius 1 is 1.57 bits per heavy atom. The zero-order valence-electron chi connectivity index (χ0n) is 7.55. The number of aryl methyl sites for hydroxylation is 1. The molecular weight excluding hydrogens is 205 g/mol. The number of primary amides is 1. The third-order valence-corrected chi connectivity index (χ3v) is 2.03. The topological polar surface area (TPSA) is 43.1 Å². The molecule has 0 bridgehead atoms. The van der Waals surface area contributed by atoms with Gasteiger partial charge in [-0.2, -0.15) is 0 Å². The van der Waals surface area contributed by atoms with Gasteiger partial charge in [-0.15, -0.1) is 0 Å². The van der Waals surface area contributed by atoms with Crippen LogP contribution < -0.4 is 5.73 Å². The zero-order chi connectivity index (χ0) is 10.7. The fourth-order valence-corrected chi connectivity index (χ4v) is 1.24. The largest absolute Gasteiger partial charge is 0.366 e. The predicted molar refractivity (Wildman–Crippen MR) is 54.4 cm³/mol. The van der Waals surface area contributed by atoms with Crippen LogP contribution in [0.1, 0.15) is 11.1 Å². The van der Waals surface area contributed by atoms with Gasteiger partial charge < -0.3 is 5.73 Å². The molecule has 0 fully saturated rings. The van der Waals surface area contributed by atoms with Gasteiger partial charge in [0.2, 0.25) is 5.91 Å². The van der Waals surface area contributed by atoms with Crippen molar-refractivity contribution >= 4 is 23.6 Å². The number of hydrogen-bond donors (Lipinski definition) is 1. The molecule has 0 aromatic heterocycles. The Bertz CT molecular complexity index is 401. The lowest BCUT2D eigenvalue weighted by atomic mass is 10.1. The van der Waals surface area contributed by atoms with Crippen molar-refractivity contribution in [2.75, 3.05) is 0 Å². The molecule has 0 saturated carbocycles. The van der Waals surface area contributed by atoms with Crippen LogP contribution in [0.15, 0.2) is 18.2 Å². The van der Waals surface area contributed by atoms with Gasteiger partial charge in [0, 0.05) is 11.1 Å². The molecule has 4 heteroatoms. The highest BCUT2D eigenvalue weighted by molar-refractivity contribution is 6.32. The lowest BCUT2D eigenvalue weighted by Crippen LogP contribution is -2.05. The fraction of sp³-hybridized carbons (Fsp3) is 0.100. The first-order valence-corrected chi connectivity index (χ1v) is 4.31. The molecule has 0 atom stereocenters. The highest BCUT2D eigenvalue weighted by atomic mass is 35.5. The van der Waals surface area contributed by atoms with Crippen LogP contribution in [0.5, 0.6) is 0 Å². The molecule has 0 aliphatic heterocycles. The van der Waals surface area contributed by atoms with Crippen molar-refractivity contribution in [3.8, 4) is 0 Å². The van der Waals surface area contributed by atoms with Gasteiger partial charge in [-0.3, -0.25) is 4.79 Å². The summed E-state index contributed by atoms with van der Waals surface area (Å²) in [6, 6.07) is 2.76. The molecule has 74 valence electrons. The van der Waals surface area contributed by atoms with Crippen LogP contribution in [0.2, 0.25) is 5.02 Å². The number of carbonyl (C=O) groups is 1. The molecule has 0 aliphatic carbocycles. The van der Waals surface area contributed by atoms with E-state index in [-0.39, 0.29) is 5.82 Å².